The number of hydrogen-bond donors (Lipinski definition) is 2. The minimum atomic E-state index is -4.41. The molecule has 1 aromatic heterocycles. The Balaban J connectivity index is 1.33. The molecule has 2 N–H and O–H groups in total. The zero-order valence-electron chi connectivity index (χ0n) is 17.3. The van der Waals surface area contributed by atoms with Crippen molar-refractivity contribution < 1.29 is 22.8 Å². The molecule has 1 fully saturated rings. The van der Waals surface area contributed by atoms with E-state index in [1.807, 2.05) is 0 Å². The summed E-state index contributed by atoms with van der Waals surface area (Å²) in [7, 11) is 0. The van der Waals surface area contributed by atoms with Crippen molar-refractivity contribution in [2.75, 3.05) is 31.5 Å². The van der Waals surface area contributed by atoms with E-state index < -0.39 is 11.7 Å². The summed E-state index contributed by atoms with van der Waals surface area (Å²) in [4.78, 5) is 30.4. The zero-order valence-corrected chi connectivity index (χ0v) is 18.0. The summed E-state index contributed by atoms with van der Waals surface area (Å²) in [5.74, 6) is 0.0931. The molecule has 172 valence electrons. The normalized spacial score (nSPS) is 14.8. The largest absolute Gasteiger partial charge is 0.417 e. The van der Waals surface area contributed by atoms with E-state index in [-0.39, 0.29) is 17.7 Å². The van der Waals surface area contributed by atoms with Crippen LogP contribution in [-0.4, -0.2) is 47.9 Å². The third-order valence-electron chi connectivity index (χ3n) is 5.29. The Hall–Kier alpha value is -2.81. The number of halogens is 4. The number of likely N-dealkylation sites (tertiary alicyclic amines) is 1. The van der Waals surface area contributed by atoms with E-state index in [1.54, 1.807) is 29.2 Å². The highest BCUT2D eigenvalue weighted by Crippen LogP contribution is 2.28. The predicted octanol–water partition coefficient (Wildman–Crippen LogP) is 4.22. The molecule has 0 aliphatic carbocycles. The minimum absolute atomic E-state index is 0.0451. The molecule has 10 heteroatoms. The maximum absolute atomic E-state index is 12.5. The van der Waals surface area contributed by atoms with Gasteiger partial charge in [-0.25, -0.2) is 4.98 Å². The molecule has 2 aromatic rings. The summed E-state index contributed by atoms with van der Waals surface area (Å²) >= 11 is 5.86. The van der Waals surface area contributed by atoms with E-state index >= 15 is 0 Å². The summed E-state index contributed by atoms with van der Waals surface area (Å²) in [5, 5.41) is 6.39. The van der Waals surface area contributed by atoms with Crippen LogP contribution < -0.4 is 10.6 Å². The summed E-state index contributed by atoms with van der Waals surface area (Å²) in [6, 6.07) is 8.99. The van der Waals surface area contributed by atoms with Gasteiger partial charge < -0.3 is 15.5 Å². The van der Waals surface area contributed by atoms with Gasteiger partial charge in [-0.15, -0.1) is 0 Å². The number of rotatable bonds is 7. The van der Waals surface area contributed by atoms with Crippen LogP contribution in [0.1, 0.15) is 35.2 Å². The van der Waals surface area contributed by atoms with Crippen LogP contribution in [-0.2, 0) is 11.0 Å². The first-order valence-electron chi connectivity index (χ1n) is 10.3. The number of nitrogens with one attached hydrogen (secondary N) is 2. The molecular weight excluding hydrogens is 445 g/mol. The topological polar surface area (TPSA) is 74.3 Å². The van der Waals surface area contributed by atoms with Gasteiger partial charge in [0.25, 0.3) is 5.91 Å². The van der Waals surface area contributed by atoms with Crippen molar-refractivity contribution in [2.24, 2.45) is 5.92 Å². The number of hydrogen-bond acceptors (Lipinski definition) is 4. The number of carbonyl (C=O) groups excluding carboxylic acids is 2. The third kappa shape index (κ3) is 6.59. The van der Waals surface area contributed by atoms with Crippen molar-refractivity contribution in [3.8, 4) is 0 Å². The maximum Gasteiger partial charge on any atom is 0.417 e. The van der Waals surface area contributed by atoms with Crippen LogP contribution in [0.15, 0.2) is 42.6 Å². The molecule has 3 rings (SSSR count). The average molecular weight is 469 g/mol. The Morgan fingerprint density at radius 3 is 2.34 bits per heavy atom. The molecular formula is C22H24ClF3N4O2. The van der Waals surface area contributed by atoms with E-state index in [4.69, 9.17) is 11.6 Å². The standard InChI is InChI=1S/C22H24ClF3N4O2/c23-18-5-2-16(3-6-18)21(32)30-12-8-15(9-13-30)20(31)28-11-1-10-27-19-7-4-17(14-29-19)22(24,25)26/h2-7,14-15H,1,8-13H2,(H,27,29)(H,28,31). The molecule has 32 heavy (non-hydrogen) atoms. The fourth-order valence-corrected chi connectivity index (χ4v) is 3.57. The Morgan fingerprint density at radius 1 is 1.06 bits per heavy atom. The van der Waals surface area contributed by atoms with Crippen LogP contribution in [0.3, 0.4) is 0 Å². The SMILES string of the molecule is O=C(NCCCNc1ccc(C(F)(F)F)cn1)C1CCN(C(=O)c2ccc(Cl)cc2)CC1. The molecule has 0 radical (unpaired) electrons. The predicted molar refractivity (Wildman–Crippen MR) is 115 cm³/mol. The smallest absolute Gasteiger partial charge is 0.370 e. The average Bonchev–Trinajstić information content (AvgIpc) is 2.78. The van der Waals surface area contributed by atoms with Gasteiger partial charge in [-0.05, 0) is 55.7 Å². The van der Waals surface area contributed by atoms with Gasteiger partial charge in [0, 0.05) is 48.9 Å². The first-order valence-corrected chi connectivity index (χ1v) is 10.7. The van der Waals surface area contributed by atoms with Gasteiger partial charge in [0.05, 0.1) is 5.56 Å². The molecule has 0 spiro atoms. The molecule has 2 amide bonds. The number of pyridine rings is 1. The quantitative estimate of drug-likeness (QED) is 0.596. The van der Waals surface area contributed by atoms with Crippen LogP contribution in [0, 0.1) is 5.92 Å². The summed E-state index contributed by atoms with van der Waals surface area (Å²) in [6.45, 7) is 1.93. The van der Waals surface area contributed by atoms with Gasteiger partial charge in [-0.2, -0.15) is 13.2 Å². The second kappa shape index (κ2) is 10.7. The summed E-state index contributed by atoms with van der Waals surface area (Å²) < 4.78 is 37.6. The minimum Gasteiger partial charge on any atom is -0.370 e. The molecule has 0 atom stereocenters. The van der Waals surface area contributed by atoms with E-state index in [0.29, 0.717) is 61.8 Å². The second-order valence-electron chi connectivity index (χ2n) is 7.57. The van der Waals surface area contributed by atoms with Crippen LogP contribution in [0.5, 0.6) is 0 Å². The maximum atomic E-state index is 12.5. The number of nitrogens with zero attached hydrogens (tertiary/aromatic N) is 2. The van der Waals surface area contributed by atoms with E-state index in [0.717, 1.165) is 12.3 Å². The lowest BCUT2D eigenvalue weighted by Gasteiger charge is -2.31. The number of alkyl halides is 3. The Labute approximate surface area is 189 Å². The van der Waals surface area contributed by atoms with Crippen molar-refractivity contribution >= 4 is 29.2 Å². The first kappa shape index (κ1) is 23.8. The Bertz CT molecular complexity index is 912. The second-order valence-corrected chi connectivity index (χ2v) is 8.01. The molecule has 1 aromatic carbocycles. The van der Waals surface area contributed by atoms with Crippen molar-refractivity contribution in [2.45, 2.75) is 25.4 Å². The lowest BCUT2D eigenvalue weighted by Crippen LogP contribution is -2.43. The van der Waals surface area contributed by atoms with Crippen LogP contribution in [0.2, 0.25) is 5.02 Å². The van der Waals surface area contributed by atoms with Gasteiger partial charge in [-0.3, -0.25) is 9.59 Å². The van der Waals surface area contributed by atoms with Crippen LogP contribution in [0.25, 0.3) is 0 Å². The number of piperidine rings is 1. The van der Waals surface area contributed by atoms with E-state index in [9.17, 15) is 22.8 Å². The van der Waals surface area contributed by atoms with Crippen LogP contribution >= 0.6 is 11.6 Å². The third-order valence-corrected chi connectivity index (χ3v) is 5.55. The zero-order chi connectivity index (χ0) is 23.1. The monoisotopic (exact) mass is 468 g/mol. The number of benzene rings is 1. The van der Waals surface area contributed by atoms with E-state index in [1.165, 1.54) is 6.07 Å². The Kier molecular flexibility index (Phi) is 7.95. The highest BCUT2D eigenvalue weighted by molar-refractivity contribution is 6.30. The molecule has 1 aliphatic rings. The molecule has 6 nitrogen and oxygen atoms in total. The highest BCUT2D eigenvalue weighted by Gasteiger charge is 2.30. The van der Waals surface area contributed by atoms with Gasteiger partial charge in [0.1, 0.15) is 5.82 Å². The molecule has 0 saturated carbocycles. The van der Waals surface area contributed by atoms with Crippen molar-refractivity contribution in [3.05, 3.63) is 58.7 Å². The summed E-state index contributed by atoms with van der Waals surface area (Å²) in [6.07, 6.45) is -1.83. The molecule has 1 aliphatic heterocycles. The highest BCUT2D eigenvalue weighted by atomic mass is 35.5. The lowest BCUT2D eigenvalue weighted by atomic mass is 9.95. The van der Waals surface area contributed by atoms with E-state index in [2.05, 4.69) is 15.6 Å². The van der Waals surface area contributed by atoms with Crippen LogP contribution in [0.4, 0.5) is 19.0 Å². The fraction of sp³-hybridized carbons (Fsp3) is 0.409. The molecule has 1 saturated heterocycles. The van der Waals surface area contributed by atoms with Gasteiger partial charge in [-0.1, -0.05) is 11.6 Å². The number of aromatic nitrogens is 1. The molecule has 2 heterocycles. The molecule has 0 unspecified atom stereocenters. The number of amides is 2. The van der Waals surface area contributed by atoms with Gasteiger partial charge in [0.15, 0.2) is 0 Å². The number of anilines is 1. The first-order chi connectivity index (χ1) is 15.2. The molecule has 0 bridgehead atoms. The van der Waals surface area contributed by atoms with Crippen molar-refractivity contribution in [1.82, 2.24) is 15.2 Å². The summed E-state index contributed by atoms with van der Waals surface area (Å²) in [5.41, 5.74) is -0.219. The van der Waals surface area contributed by atoms with Gasteiger partial charge in [0.2, 0.25) is 5.91 Å². The van der Waals surface area contributed by atoms with Crippen molar-refractivity contribution in [1.29, 1.82) is 0 Å². The lowest BCUT2D eigenvalue weighted by molar-refractivity contribution is -0.137. The fourth-order valence-electron chi connectivity index (χ4n) is 3.45. The Morgan fingerprint density at radius 2 is 1.75 bits per heavy atom. The van der Waals surface area contributed by atoms with Gasteiger partial charge >= 0.3 is 6.18 Å². The van der Waals surface area contributed by atoms with Crippen molar-refractivity contribution in [3.63, 3.8) is 0 Å². The number of carbonyl (C=O) groups is 2.